The zero-order valence-corrected chi connectivity index (χ0v) is 19.1. The third-order valence-electron chi connectivity index (χ3n) is 5.18. The Kier molecular flexibility index (Phi) is 6.30. The molecule has 2 heterocycles. The SMILES string of the molecule is CCOC(=O)C1=C(C)N=c2s/c(=C\Cc3cc(Cl)ccc3O)c(=O)n2[C@H]1c1ccccc1. The van der Waals surface area contributed by atoms with Gasteiger partial charge in [0.05, 0.1) is 28.5 Å². The van der Waals surface area contributed by atoms with Crippen molar-refractivity contribution in [1.82, 2.24) is 4.57 Å². The largest absolute Gasteiger partial charge is 0.508 e. The molecular weight excluding hydrogens is 448 g/mol. The van der Waals surface area contributed by atoms with Gasteiger partial charge >= 0.3 is 5.97 Å². The Morgan fingerprint density at radius 3 is 2.75 bits per heavy atom. The van der Waals surface area contributed by atoms with E-state index >= 15 is 0 Å². The minimum absolute atomic E-state index is 0.112. The number of ether oxygens (including phenoxy) is 1. The number of allylic oxidation sites excluding steroid dienone is 1. The number of fused-ring (bicyclic) bond motifs is 1. The van der Waals surface area contributed by atoms with Gasteiger partial charge in [-0.05, 0) is 49.6 Å². The lowest BCUT2D eigenvalue weighted by molar-refractivity contribution is -0.139. The fourth-order valence-corrected chi connectivity index (χ4v) is 4.91. The van der Waals surface area contributed by atoms with Crippen molar-refractivity contribution in [3.8, 4) is 5.75 Å². The normalized spacial score (nSPS) is 16.0. The lowest BCUT2D eigenvalue weighted by Gasteiger charge is -2.24. The molecule has 4 rings (SSSR count). The smallest absolute Gasteiger partial charge is 0.338 e. The molecule has 164 valence electrons. The lowest BCUT2D eigenvalue weighted by Crippen LogP contribution is -2.39. The van der Waals surface area contributed by atoms with Crippen molar-refractivity contribution < 1.29 is 14.6 Å². The Balaban J connectivity index is 1.86. The highest BCUT2D eigenvalue weighted by Gasteiger charge is 2.33. The summed E-state index contributed by atoms with van der Waals surface area (Å²) >= 11 is 7.28. The lowest BCUT2D eigenvalue weighted by atomic mass is 9.96. The predicted octanol–water partition coefficient (Wildman–Crippen LogP) is 3.35. The number of hydrogen-bond acceptors (Lipinski definition) is 6. The number of nitrogens with zero attached hydrogens (tertiary/aromatic N) is 2. The van der Waals surface area contributed by atoms with Crippen molar-refractivity contribution in [2.75, 3.05) is 6.61 Å². The molecule has 0 spiro atoms. The van der Waals surface area contributed by atoms with Crippen LogP contribution in [0.25, 0.3) is 6.08 Å². The van der Waals surface area contributed by atoms with Gasteiger partial charge in [-0.3, -0.25) is 9.36 Å². The van der Waals surface area contributed by atoms with Crippen molar-refractivity contribution in [2.24, 2.45) is 4.99 Å². The van der Waals surface area contributed by atoms with E-state index in [-0.39, 0.29) is 17.9 Å². The van der Waals surface area contributed by atoms with Crippen LogP contribution in [0.3, 0.4) is 0 Å². The van der Waals surface area contributed by atoms with Crippen LogP contribution in [0, 0.1) is 0 Å². The van der Waals surface area contributed by atoms with E-state index in [4.69, 9.17) is 16.3 Å². The fraction of sp³-hybridized carbons (Fsp3) is 0.208. The van der Waals surface area contributed by atoms with E-state index in [0.717, 1.165) is 5.56 Å². The minimum atomic E-state index is -0.631. The molecule has 1 atom stereocenters. The highest BCUT2D eigenvalue weighted by atomic mass is 35.5. The Morgan fingerprint density at radius 1 is 1.28 bits per heavy atom. The van der Waals surface area contributed by atoms with E-state index in [1.165, 1.54) is 17.4 Å². The number of aromatic hydroxyl groups is 1. The van der Waals surface area contributed by atoms with Gasteiger partial charge in [-0.1, -0.05) is 59.3 Å². The molecule has 0 fully saturated rings. The number of carbonyl (C=O) groups is 1. The zero-order valence-electron chi connectivity index (χ0n) is 17.5. The summed E-state index contributed by atoms with van der Waals surface area (Å²) in [6.45, 7) is 3.72. The van der Waals surface area contributed by atoms with Crippen LogP contribution in [-0.2, 0) is 16.0 Å². The number of esters is 1. The van der Waals surface area contributed by atoms with Crippen LogP contribution in [0.2, 0.25) is 5.02 Å². The first-order chi connectivity index (χ1) is 15.4. The summed E-state index contributed by atoms with van der Waals surface area (Å²) in [5, 5.41) is 10.6. The van der Waals surface area contributed by atoms with Gasteiger partial charge in [-0.25, -0.2) is 9.79 Å². The standard InChI is InChI=1S/C24H21ClN2O4S/c1-3-31-23(30)20-14(2)26-24-27(21(20)15-7-5-4-6-8-15)22(29)19(32-24)12-9-16-13-17(25)10-11-18(16)28/h4-8,10-13,21,28H,3,9H2,1-2H3/b19-12-/t21-/m0/s1. The second-order valence-corrected chi connectivity index (χ2v) is 8.70. The second-order valence-electron chi connectivity index (χ2n) is 7.25. The first-order valence-corrected chi connectivity index (χ1v) is 11.3. The van der Waals surface area contributed by atoms with Crippen LogP contribution < -0.4 is 14.9 Å². The molecule has 3 aromatic rings. The summed E-state index contributed by atoms with van der Waals surface area (Å²) in [6, 6.07) is 13.5. The molecule has 1 aromatic heterocycles. The molecule has 0 unspecified atom stereocenters. The molecule has 0 aliphatic carbocycles. The quantitative estimate of drug-likeness (QED) is 0.582. The van der Waals surface area contributed by atoms with Crippen molar-refractivity contribution in [1.29, 1.82) is 0 Å². The number of rotatable bonds is 5. The Bertz CT molecular complexity index is 1390. The van der Waals surface area contributed by atoms with E-state index in [1.54, 1.807) is 36.6 Å². The average molecular weight is 469 g/mol. The first-order valence-electron chi connectivity index (χ1n) is 10.1. The number of halogens is 1. The highest BCUT2D eigenvalue weighted by molar-refractivity contribution is 7.07. The maximum Gasteiger partial charge on any atom is 0.338 e. The third-order valence-corrected chi connectivity index (χ3v) is 6.45. The molecular formula is C24H21ClN2O4S. The van der Waals surface area contributed by atoms with E-state index in [2.05, 4.69) is 4.99 Å². The maximum absolute atomic E-state index is 13.4. The minimum Gasteiger partial charge on any atom is -0.508 e. The molecule has 0 bridgehead atoms. The van der Waals surface area contributed by atoms with Gasteiger partial charge in [0.15, 0.2) is 4.80 Å². The summed E-state index contributed by atoms with van der Waals surface area (Å²) in [6.07, 6.45) is 2.08. The average Bonchev–Trinajstić information content (AvgIpc) is 3.09. The van der Waals surface area contributed by atoms with Crippen LogP contribution in [0.15, 0.2) is 69.6 Å². The summed E-state index contributed by atoms with van der Waals surface area (Å²) in [4.78, 5) is 31.3. The molecule has 8 heteroatoms. The van der Waals surface area contributed by atoms with Gasteiger partial charge in [-0.2, -0.15) is 0 Å². The number of phenolic OH excluding ortho intramolecular Hbond substituents is 1. The van der Waals surface area contributed by atoms with Gasteiger partial charge in [0.25, 0.3) is 5.56 Å². The van der Waals surface area contributed by atoms with Crippen LogP contribution in [0.5, 0.6) is 5.75 Å². The molecule has 2 aromatic carbocycles. The van der Waals surface area contributed by atoms with E-state index in [9.17, 15) is 14.7 Å². The molecule has 1 aliphatic heterocycles. The van der Waals surface area contributed by atoms with E-state index < -0.39 is 12.0 Å². The zero-order chi connectivity index (χ0) is 22.8. The fourth-order valence-electron chi connectivity index (χ4n) is 3.70. The van der Waals surface area contributed by atoms with Gasteiger partial charge < -0.3 is 9.84 Å². The summed E-state index contributed by atoms with van der Waals surface area (Å²) < 4.78 is 7.30. The Labute approximate surface area is 193 Å². The van der Waals surface area contributed by atoms with Crippen LogP contribution in [0.4, 0.5) is 0 Å². The molecule has 1 N–H and O–H groups in total. The summed E-state index contributed by atoms with van der Waals surface area (Å²) in [5.74, 6) is -0.373. The molecule has 0 radical (unpaired) electrons. The maximum atomic E-state index is 13.4. The molecule has 0 saturated heterocycles. The Morgan fingerprint density at radius 2 is 2.03 bits per heavy atom. The van der Waals surface area contributed by atoms with Gasteiger partial charge in [-0.15, -0.1) is 0 Å². The number of phenols is 1. The van der Waals surface area contributed by atoms with Crippen molar-refractivity contribution >= 4 is 35.0 Å². The second kappa shape index (κ2) is 9.14. The van der Waals surface area contributed by atoms with E-state index in [1.807, 2.05) is 30.3 Å². The summed E-state index contributed by atoms with van der Waals surface area (Å²) in [5.41, 5.74) is 2.04. The molecule has 1 aliphatic rings. The third kappa shape index (κ3) is 4.13. The van der Waals surface area contributed by atoms with Crippen molar-refractivity contribution in [3.05, 3.63) is 95.6 Å². The van der Waals surface area contributed by atoms with Gasteiger partial charge in [0.1, 0.15) is 5.75 Å². The Hall–Kier alpha value is -3.16. The topological polar surface area (TPSA) is 80.9 Å². The number of thiazole rings is 1. The van der Waals surface area contributed by atoms with Gasteiger partial charge in [0, 0.05) is 5.02 Å². The highest BCUT2D eigenvalue weighted by Crippen LogP contribution is 2.30. The first kappa shape index (κ1) is 22.0. The van der Waals surface area contributed by atoms with Gasteiger partial charge in [0.2, 0.25) is 0 Å². The molecule has 6 nitrogen and oxygen atoms in total. The van der Waals surface area contributed by atoms with Crippen LogP contribution in [-0.4, -0.2) is 22.2 Å². The number of carbonyl (C=O) groups excluding carboxylic acids is 1. The van der Waals surface area contributed by atoms with Crippen molar-refractivity contribution in [3.63, 3.8) is 0 Å². The molecule has 0 saturated carbocycles. The number of aromatic nitrogens is 1. The van der Waals surface area contributed by atoms with Crippen molar-refractivity contribution in [2.45, 2.75) is 26.3 Å². The van der Waals surface area contributed by atoms with Crippen LogP contribution >= 0.6 is 22.9 Å². The molecule has 0 amide bonds. The number of hydrogen-bond donors (Lipinski definition) is 1. The molecule has 32 heavy (non-hydrogen) atoms. The van der Waals surface area contributed by atoms with Crippen LogP contribution in [0.1, 0.15) is 31.0 Å². The monoisotopic (exact) mass is 468 g/mol. The summed E-state index contributed by atoms with van der Waals surface area (Å²) in [7, 11) is 0. The number of benzene rings is 2. The predicted molar refractivity (Wildman–Crippen MR) is 125 cm³/mol. The van der Waals surface area contributed by atoms with E-state index in [0.29, 0.717) is 37.6 Å².